The van der Waals surface area contributed by atoms with Gasteiger partial charge in [-0.15, -0.1) is 0 Å². The molecule has 1 aromatic carbocycles. The number of amides is 1. The molecule has 2 aromatic rings. The monoisotopic (exact) mass is 272 g/mol. The molecule has 2 rings (SSSR count). The van der Waals surface area contributed by atoms with Crippen molar-refractivity contribution in [2.75, 3.05) is 20.3 Å². The lowest BCUT2D eigenvalue weighted by atomic mass is 10.1. The molecule has 1 heterocycles. The number of hydrogen-bond acceptors (Lipinski definition) is 3. The van der Waals surface area contributed by atoms with Gasteiger partial charge in [-0.1, -0.05) is 11.6 Å². The molecule has 0 unspecified atom stereocenters. The molecule has 0 atom stereocenters. The number of benzene rings is 1. The molecule has 0 aliphatic heterocycles. The Bertz CT molecular complexity index is 623. The van der Waals surface area contributed by atoms with Gasteiger partial charge < -0.3 is 10.1 Å². The molecule has 0 aliphatic rings. The number of carbonyl (C=O) groups is 1. The van der Waals surface area contributed by atoms with Crippen LogP contribution in [0.25, 0.3) is 10.9 Å². The van der Waals surface area contributed by atoms with Crippen LogP contribution < -0.4 is 5.32 Å². The van der Waals surface area contributed by atoms with Crippen LogP contribution >= 0.6 is 0 Å². The molecule has 0 radical (unpaired) electrons. The van der Waals surface area contributed by atoms with Gasteiger partial charge in [-0.2, -0.15) is 0 Å². The third-order valence-corrected chi connectivity index (χ3v) is 3.22. The first-order valence-electron chi connectivity index (χ1n) is 6.77. The van der Waals surface area contributed by atoms with Gasteiger partial charge in [0.2, 0.25) is 0 Å². The van der Waals surface area contributed by atoms with E-state index in [-0.39, 0.29) is 5.91 Å². The lowest BCUT2D eigenvalue weighted by molar-refractivity contribution is 0.0948. The summed E-state index contributed by atoms with van der Waals surface area (Å²) in [7, 11) is 1.65. The Hall–Kier alpha value is -1.94. The predicted octanol–water partition coefficient (Wildman–Crippen LogP) is 2.62. The van der Waals surface area contributed by atoms with E-state index < -0.39 is 0 Å². The van der Waals surface area contributed by atoms with E-state index in [4.69, 9.17) is 4.74 Å². The Morgan fingerprint density at radius 1 is 1.30 bits per heavy atom. The fourth-order valence-corrected chi connectivity index (χ4v) is 2.14. The minimum absolute atomic E-state index is 0.0745. The quantitative estimate of drug-likeness (QED) is 0.851. The second kappa shape index (κ2) is 6.48. The lowest BCUT2D eigenvalue weighted by Crippen LogP contribution is -2.26. The fraction of sp³-hybridized carbons (Fsp3) is 0.375. The summed E-state index contributed by atoms with van der Waals surface area (Å²) >= 11 is 0. The molecule has 106 valence electrons. The van der Waals surface area contributed by atoms with Crippen LogP contribution in [0.15, 0.2) is 24.3 Å². The Morgan fingerprint density at radius 2 is 2.10 bits per heavy atom. The smallest absolute Gasteiger partial charge is 0.253 e. The van der Waals surface area contributed by atoms with Crippen LogP contribution in [0.3, 0.4) is 0 Å². The van der Waals surface area contributed by atoms with E-state index in [9.17, 15) is 4.79 Å². The third kappa shape index (κ3) is 3.33. The number of hydrogen-bond donors (Lipinski definition) is 1. The van der Waals surface area contributed by atoms with E-state index in [1.54, 1.807) is 7.11 Å². The van der Waals surface area contributed by atoms with Crippen molar-refractivity contribution in [3.8, 4) is 0 Å². The predicted molar refractivity (Wildman–Crippen MR) is 80.0 cm³/mol. The molecule has 0 spiro atoms. The maximum atomic E-state index is 12.2. The first-order valence-corrected chi connectivity index (χ1v) is 6.77. The Balaban J connectivity index is 2.20. The van der Waals surface area contributed by atoms with Crippen molar-refractivity contribution < 1.29 is 9.53 Å². The van der Waals surface area contributed by atoms with Crippen LogP contribution in [0.5, 0.6) is 0 Å². The van der Waals surface area contributed by atoms with Crippen LogP contribution in [0, 0.1) is 13.8 Å². The largest absolute Gasteiger partial charge is 0.385 e. The van der Waals surface area contributed by atoms with Gasteiger partial charge in [-0.05, 0) is 38.5 Å². The molecule has 0 aliphatic carbocycles. The van der Waals surface area contributed by atoms with Crippen LogP contribution in [-0.4, -0.2) is 31.2 Å². The van der Waals surface area contributed by atoms with E-state index >= 15 is 0 Å². The molecule has 0 saturated carbocycles. The van der Waals surface area contributed by atoms with Gasteiger partial charge in [0.05, 0.1) is 16.8 Å². The molecule has 4 heteroatoms. The zero-order chi connectivity index (χ0) is 14.5. The standard InChI is InChI=1S/C16H20N2O2/c1-11-5-6-15-13(9-11)10-14(12(2)18-15)16(19)17-7-4-8-20-3/h5-6,9-10H,4,7-8H2,1-3H3,(H,17,19). The van der Waals surface area contributed by atoms with E-state index in [0.29, 0.717) is 18.7 Å². The second-order valence-electron chi connectivity index (χ2n) is 4.92. The summed E-state index contributed by atoms with van der Waals surface area (Å²) in [6.45, 7) is 5.15. The topological polar surface area (TPSA) is 51.2 Å². The van der Waals surface area contributed by atoms with Gasteiger partial charge in [-0.25, -0.2) is 0 Å². The molecular weight excluding hydrogens is 252 g/mol. The first kappa shape index (κ1) is 14.5. The van der Waals surface area contributed by atoms with Gasteiger partial charge in [0.25, 0.3) is 5.91 Å². The number of rotatable bonds is 5. The molecule has 0 saturated heterocycles. The van der Waals surface area contributed by atoms with E-state index in [0.717, 1.165) is 28.6 Å². The lowest BCUT2D eigenvalue weighted by Gasteiger charge is -2.09. The normalized spacial score (nSPS) is 10.8. The highest BCUT2D eigenvalue weighted by Gasteiger charge is 2.11. The number of nitrogens with zero attached hydrogens (tertiary/aromatic N) is 1. The van der Waals surface area contributed by atoms with Gasteiger partial charge in [0.1, 0.15) is 0 Å². The van der Waals surface area contributed by atoms with Crippen molar-refractivity contribution in [3.05, 3.63) is 41.1 Å². The summed E-state index contributed by atoms with van der Waals surface area (Å²) < 4.78 is 4.96. The number of aromatic nitrogens is 1. The summed E-state index contributed by atoms with van der Waals surface area (Å²) in [5, 5.41) is 3.89. The highest BCUT2D eigenvalue weighted by atomic mass is 16.5. The van der Waals surface area contributed by atoms with E-state index in [2.05, 4.69) is 10.3 Å². The van der Waals surface area contributed by atoms with Crippen LogP contribution in [0.2, 0.25) is 0 Å². The molecule has 1 N–H and O–H groups in total. The highest BCUT2D eigenvalue weighted by molar-refractivity contribution is 5.98. The maximum absolute atomic E-state index is 12.2. The van der Waals surface area contributed by atoms with Crippen LogP contribution in [0.1, 0.15) is 28.0 Å². The Kier molecular flexibility index (Phi) is 4.69. The summed E-state index contributed by atoms with van der Waals surface area (Å²) in [5.74, 6) is -0.0745. The summed E-state index contributed by atoms with van der Waals surface area (Å²) in [5.41, 5.74) is 3.48. The average molecular weight is 272 g/mol. The zero-order valence-electron chi connectivity index (χ0n) is 12.2. The maximum Gasteiger partial charge on any atom is 0.253 e. The molecule has 0 bridgehead atoms. The second-order valence-corrected chi connectivity index (χ2v) is 4.92. The molecule has 20 heavy (non-hydrogen) atoms. The number of fused-ring (bicyclic) bond motifs is 1. The Morgan fingerprint density at radius 3 is 2.85 bits per heavy atom. The number of ether oxygens (including phenoxy) is 1. The number of pyridine rings is 1. The SMILES string of the molecule is COCCCNC(=O)c1cc2cc(C)ccc2nc1C. The van der Waals surface area contributed by atoms with Crippen molar-refractivity contribution >= 4 is 16.8 Å². The minimum Gasteiger partial charge on any atom is -0.385 e. The van der Waals surface area contributed by atoms with E-state index in [1.165, 1.54) is 0 Å². The molecular formula is C16H20N2O2. The van der Waals surface area contributed by atoms with Crippen molar-refractivity contribution in [1.29, 1.82) is 0 Å². The van der Waals surface area contributed by atoms with Gasteiger partial charge in [0, 0.05) is 25.6 Å². The van der Waals surface area contributed by atoms with Gasteiger partial charge in [-0.3, -0.25) is 9.78 Å². The van der Waals surface area contributed by atoms with Crippen molar-refractivity contribution in [3.63, 3.8) is 0 Å². The Labute approximate surface area is 119 Å². The molecule has 1 aromatic heterocycles. The van der Waals surface area contributed by atoms with Crippen LogP contribution in [-0.2, 0) is 4.74 Å². The molecule has 0 fully saturated rings. The number of nitrogens with one attached hydrogen (secondary N) is 1. The number of carbonyl (C=O) groups excluding carboxylic acids is 1. The van der Waals surface area contributed by atoms with E-state index in [1.807, 2.05) is 38.1 Å². The fourth-order valence-electron chi connectivity index (χ4n) is 2.14. The zero-order valence-corrected chi connectivity index (χ0v) is 12.2. The van der Waals surface area contributed by atoms with Crippen LogP contribution in [0.4, 0.5) is 0 Å². The number of aryl methyl sites for hydroxylation is 2. The van der Waals surface area contributed by atoms with Gasteiger partial charge in [0.15, 0.2) is 0 Å². The third-order valence-electron chi connectivity index (χ3n) is 3.22. The van der Waals surface area contributed by atoms with Gasteiger partial charge >= 0.3 is 0 Å². The molecule has 4 nitrogen and oxygen atoms in total. The average Bonchev–Trinajstić information content (AvgIpc) is 2.43. The van der Waals surface area contributed by atoms with Crippen molar-refractivity contribution in [2.24, 2.45) is 0 Å². The summed E-state index contributed by atoms with van der Waals surface area (Å²) in [4.78, 5) is 16.7. The molecule has 1 amide bonds. The minimum atomic E-state index is -0.0745. The highest BCUT2D eigenvalue weighted by Crippen LogP contribution is 2.18. The summed E-state index contributed by atoms with van der Waals surface area (Å²) in [6, 6.07) is 7.97. The van der Waals surface area contributed by atoms with Crippen molar-refractivity contribution in [1.82, 2.24) is 10.3 Å². The number of methoxy groups -OCH3 is 1. The summed E-state index contributed by atoms with van der Waals surface area (Å²) in [6.07, 6.45) is 0.807. The first-order chi connectivity index (χ1) is 9.61. The van der Waals surface area contributed by atoms with Crippen molar-refractivity contribution in [2.45, 2.75) is 20.3 Å².